The van der Waals surface area contributed by atoms with Gasteiger partial charge in [0.15, 0.2) is 0 Å². The van der Waals surface area contributed by atoms with Gasteiger partial charge in [0.25, 0.3) is 0 Å². The molecule has 1 aliphatic heterocycles. The van der Waals surface area contributed by atoms with Crippen LogP contribution in [0.15, 0.2) is 18.2 Å². The number of hydrogen-bond acceptors (Lipinski definition) is 3. The molecule has 4 nitrogen and oxygen atoms in total. The lowest BCUT2D eigenvalue weighted by Crippen LogP contribution is -2.40. The van der Waals surface area contributed by atoms with Crippen LogP contribution in [0.3, 0.4) is 0 Å². The first kappa shape index (κ1) is 16.7. The number of likely N-dealkylation sites (tertiary alicyclic amines) is 1. The molecular weight excluding hydrogens is 300 g/mol. The number of piperidine rings is 1. The maximum Gasteiger partial charge on any atom is 0.223 e. The van der Waals surface area contributed by atoms with Crippen LogP contribution >= 0.6 is 11.6 Å². The second kappa shape index (κ2) is 8.07. The first-order chi connectivity index (χ1) is 10.6. The minimum Gasteiger partial charge on any atom is -0.496 e. The third-order valence-corrected chi connectivity index (χ3v) is 4.20. The fraction of sp³-hybridized carbons (Fsp3) is 0.471. The molecule has 118 valence electrons. The van der Waals surface area contributed by atoms with E-state index in [9.17, 15) is 4.79 Å². The summed E-state index contributed by atoms with van der Waals surface area (Å²) in [6, 6.07) is 5.39. The summed E-state index contributed by atoms with van der Waals surface area (Å²) in [6.07, 6.45) is 7.01. The minimum atomic E-state index is 0.0548. The summed E-state index contributed by atoms with van der Waals surface area (Å²) >= 11 is 5.99. The second-order valence-corrected chi connectivity index (χ2v) is 5.86. The topological polar surface area (TPSA) is 41.6 Å². The Hall–Kier alpha value is -1.70. The van der Waals surface area contributed by atoms with Gasteiger partial charge in [-0.05, 0) is 44.1 Å². The van der Waals surface area contributed by atoms with E-state index in [2.05, 4.69) is 16.1 Å². The van der Waals surface area contributed by atoms with Crippen LogP contribution in [-0.2, 0) is 11.3 Å². The summed E-state index contributed by atoms with van der Waals surface area (Å²) in [4.78, 5) is 14.5. The minimum absolute atomic E-state index is 0.0548. The molecule has 0 unspecified atom stereocenters. The smallest absolute Gasteiger partial charge is 0.223 e. The molecule has 1 saturated heterocycles. The van der Waals surface area contributed by atoms with Gasteiger partial charge in [-0.2, -0.15) is 0 Å². The van der Waals surface area contributed by atoms with E-state index >= 15 is 0 Å². The molecule has 0 radical (unpaired) electrons. The fourth-order valence-corrected chi connectivity index (χ4v) is 2.89. The van der Waals surface area contributed by atoms with Gasteiger partial charge in [0.05, 0.1) is 13.7 Å². The van der Waals surface area contributed by atoms with E-state index in [4.69, 9.17) is 22.8 Å². The Morgan fingerprint density at radius 1 is 1.50 bits per heavy atom. The first-order valence-corrected chi connectivity index (χ1v) is 7.77. The third kappa shape index (κ3) is 4.40. The van der Waals surface area contributed by atoms with Gasteiger partial charge in [0.2, 0.25) is 5.91 Å². The predicted molar refractivity (Wildman–Crippen MR) is 87.8 cm³/mol. The van der Waals surface area contributed by atoms with Crippen molar-refractivity contribution in [3.8, 4) is 18.1 Å². The molecule has 2 rings (SSSR count). The van der Waals surface area contributed by atoms with Gasteiger partial charge in [-0.3, -0.25) is 9.69 Å². The normalized spacial score (nSPS) is 16.0. The zero-order chi connectivity index (χ0) is 15.9. The quantitative estimate of drug-likeness (QED) is 0.847. The number of hydrogen-bond donors (Lipinski definition) is 1. The molecule has 1 heterocycles. The van der Waals surface area contributed by atoms with Crippen LogP contribution in [0.4, 0.5) is 0 Å². The van der Waals surface area contributed by atoms with Crippen molar-refractivity contribution in [2.75, 3.05) is 26.7 Å². The number of nitrogens with one attached hydrogen (secondary N) is 1. The van der Waals surface area contributed by atoms with E-state index in [1.807, 2.05) is 12.1 Å². The van der Waals surface area contributed by atoms with Crippen LogP contribution in [0, 0.1) is 18.3 Å². The van der Waals surface area contributed by atoms with Gasteiger partial charge < -0.3 is 10.1 Å². The molecular formula is C17H21ClN2O2. The molecule has 1 fully saturated rings. The predicted octanol–water partition coefficient (Wildman–Crippen LogP) is 2.31. The molecule has 5 heteroatoms. The first-order valence-electron chi connectivity index (χ1n) is 7.40. The van der Waals surface area contributed by atoms with E-state index in [-0.39, 0.29) is 11.8 Å². The summed E-state index contributed by atoms with van der Waals surface area (Å²) in [5.74, 6) is 3.52. The van der Waals surface area contributed by atoms with Crippen molar-refractivity contribution >= 4 is 17.5 Å². The van der Waals surface area contributed by atoms with Crippen LogP contribution in [0.2, 0.25) is 5.02 Å². The SMILES string of the molecule is C#CCN1CCC(C(=O)NCc2cc(Cl)ccc2OC)CC1. The van der Waals surface area contributed by atoms with E-state index in [0.717, 1.165) is 37.2 Å². The molecule has 0 aromatic heterocycles. The van der Waals surface area contributed by atoms with Crippen LogP contribution in [0.1, 0.15) is 18.4 Å². The van der Waals surface area contributed by atoms with E-state index in [0.29, 0.717) is 18.1 Å². The Labute approximate surface area is 136 Å². The van der Waals surface area contributed by atoms with Crippen molar-refractivity contribution in [2.45, 2.75) is 19.4 Å². The molecule has 1 aromatic rings. The highest BCUT2D eigenvalue weighted by Crippen LogP contribution is 2.23. The van der Waals surface area contributed by atoms with Crippen LogP contribution in [0.25, 0.3) is 0 Å². The fourth-order valence-electron chi connectivity index (χ4n) is 2.69. The standard InChI is InChI=1S/C17H21ClN2O2/c1-3-8-20-9-6-13(7-10-20)17(21)19-12-14-11-15(18)4-5-16(14)22-2/h1,4-5,11,13H,6-10,12H2,2H3,(H,19,21). The summed E-state index contributed by atoms with van der Waals surface area (Å²) in [5.41, 5.74) is 0.883. The zero-order valence-corrected chi connectivity index (χ0v) is 13.5. The maximum absolute atomic E-state index is 12.3. The van der Waals surface area contributed by atoms with Gasteiger partial charge >= 0.3 is 0 Å². The Kier molecular flexibility index (Phi) is 6.11. The number of rotatable bonds is 5. The van der Waals surface area contributed by atoms with Crippen molar-refractivity contribution in [3.63, 3.8) is 0 Å². The summed E-state index contributed by atoms with van der Waals surface area (Å²) in [6.45, 7) is 2.84. The molecule has 1 N–H and O–H groups in total. The van der Waals surface area contributed by atoms with Gasteiger partial charge in [-0.15, -0.1) is 6.42 Å². The molecule has 1 amide bonds. The van der Waals surface area contributed by atoms with Gasteiger partial charge in [-0.1, -0.05) is 17.5 Å². The average Bonchev–Trinajstić information content (AvgIpc) is 2.54. The Morgan fingerprint density at radius 3 is 2.86 bits per heavy atom. The molecule has 0 saturated carbocycles. The lowest BCUT2D eigenvalue weighted by atomic mass is 9.96. The van der Waals surface area contributed by atoms with Crippen molar-refractivity contribution in [1.82, 2.24) is 10.2 Å². The lowest BCUT2D eigenvalue weighted by molar-refractivity contribution is -0.126. The molecule has 0 bridgehead atoms. The number of nitrogens with zero attached hydrogens (tertiary/aromatic N) is 1. The van der Waals surface area contributed by atoms with Crippen molar-refractivity contribution in [2.24, 2.45) is 5.92 Å². The van der Waals surface area contributed by atoms with Crippen LogP contribution in [-0.4, -0.2) is 37.6 Å². The largest absolute Gasteiger partial charge is 0.496 e. The highest BCUT2D eigenvalue weighted by atomic mass is 35.5. The molecule has 1 aliphatic rings. The highest BCUT2D eigenvalue weighted by molar-refractivity contribution is 6.30. The van der Waals surface area contributed by atoms with Gasteiger partial charge in [0.1, 0.15) is 5.75 Å². The van der Waals surface area contributed by atoms with Crippen molar-refractivity contribution in [3.05, 3.63) is 28.8 Å². The third-order valence-electron chi connectivity index (χ3n) is 3.97. The Morgan fingerprint density at radius 2 is 2.23 bits per heavy atom. The summed E-state index contributed by atoms with van der Waals surface area (Å²) in [7, 11) is 1.61. The van der Waals surface area contributed by atoms with Crippen molar-refractivity contribution < 1.29 is 9.53 Å². The van der Waals surface area contributed by atoms with Gasteiger partial charge in [-0.25, -0.2) is 0 Å². The molecule has 0 spiro atoms. The number of halogens is 1. The number of carbonyl (C=O) groups is 1. The molecule has 22 heavy (non-hydrogen) atoms. The number of methoxy groups -OCH3 is 1. The molecule has 1 aromatic carbocycles. The van der Waals surface area contributed by atoms with Gasteiger partial charge in [0, 0.05) is 23.0 Å². The number of benzene rings is 1. The van der Waals surface area contributed by atoms with E-state index in [1.165, 1.54) is 0 Å². The van der Waals surface area contributed by atoms with Crippen molar-refractivity contribution in [1.29, 1.82) is 0 Å². The number of carbonyl (C=O) groups excluding carboxylic acids is 1. The average molecular weight is 321 g/mol. The number of terminal acetylenes is 1. The summed E-state index contributed by atoms with van der Waals surface area (Å²) < 4.78 is 5.28. The van der Waals surface area contributed by atoms with E-state index in [1.54, 1.807) is 13.2 Å². The summed E-state index contributed by atoms with van der Waals surface area (Å²) in [5, 5.41) is 3.61. The Bertz CT molecular complexity index is 560. The Balaban J connectivity index is 1.86. The second-order valence-electron chi connectivity index (χ2n) is 5.43. The molecule has 0 atom stereocenters. The van der Waals surface area contributed by atoms with E-state index < -0.39 is 0 Å². The molecule has 0 aliphatic carbocycles. The zero-order valence-electron chi connectivity index (χ0n) is 12.8. The highest BCUT2D eigenvalue weighted by Gasteiger charge is 2.24. The van der Waals surface area contributed by atoms with Crippen LogP contribution < -0.4 is 10.1 Å². The lowest BCUT2D eigenvalue weighted by Gasteiger charge is -2.29. The maximum atomic E-state index is 12.3. The number of ether oxygens (including phenoxy) is 1. The monoisotopic (exact) mass is 320 g/mol. The van der Waals surface area contributed by atoms with Crippen LogP contribution in [0.5, 0.6) is 5.75 Å². The number of amides is 1.